The number of carbonyl (C=O) groups is 1. The van der Waals surface area contributed by atoms with Crippen LogP contribution in [0.4, 0.5) is 10.1 Å². The van der Waals surface area contributed by atoms with Crippen LogP contribution in [-0.2, 0) is 4.79 Å². The molecule has 1 amide bonds. The smallest absolute Gasteiger partial charge is 0.255 e. The predicted molar refractivity (Wildman–Crippen MR) is 102 cm³/mol. The second-order valence-electron chi connectivity index (χ2n) is 4.91. The molecule has 0 fully saturated rings. The van der Waals surface area contributed by atoms with Crippen molar-refractivity contribution < 1.29 is 17.1 Å². The van der Waals surface area contributed by atoms with E-state index in [1.54, 1.807) is 19.1 Å². The van der Waals surface area contributed by atoms with Gasteiger partial charge in [-0.2, -0.15) is 0 Å². The van der Waals surface area contributed by atoms with Gasteiger partial charge < -0.3 is 16.2 Å². The number of halogens is 1. The summed E-state index contributed by atoms with van der Waals surface area (Å²) in [4.78, 5) is 12.2. The molecule has 0 saturated heterocycles. The first-order chi connectivity index (χ1) is 11.4. The van der Waals surface area contributed by atoms with Crippen molar-refractivity contribution in [2.24, 2.45) is 5.73 Å². The number of benzene rings is 1. The first kappa shape index (κ1) is 21.8. The molecule has 5 heteroatoms. The lowest BCUT2D eigenvalue weighted by molar-refractivity contribution is -0.112. The van der Waals surface area contributed by atoms with Crippen LogP contribution < -0.4 is 11.1 Å². The van der Waals surface area contributed by atoms with E-state index in [1.165, 1.54) is 6.07 Å². The van der Waals surface area contributed by atoms with Crippen molar-refractivity contribution in [3.8, 4) is 0 Å². The summed E-state index contributed by atoms with van der Waals surface area (Å²) in [5.41, 5.74) is 7.92. The third-order valence-corrected chi connectivity index (χ3v) is 3.08. The van der Waals surface area contributed by atoms with Gasteiger partial charge in [-0.3, -0.25) is 4.79 Å². The lowest BCUT2D eigenvalue weighted by Crippen LogP contribution is -2.17. The van der Waals surface area contributed by atoms with Crippen molar-refractivity contribution in [2.45, 2.75) is 34.1 Å². The highest BCUT2D eigenvalue weighted by Crippen LogP contribution is 2.23. The number of allylic oxidation sites excluding steroid dienone is 3. The van der Waals surface area contributed by atoms with E-state index in [-0.39, 0.29) is 21.3 Å². The van der Waals surface area contributed by atoms with E-state index in [0.29, 0.717) is 23.2 Å². The average molecular weight is 338 g/mol. The first-order valence-corrected chi connectivity index (χ1v) is 7.84. The van der Waals surface area contributed by atoms with Crippen LogP contribution in [0.2, 0.25) is 0 Å². The van der Waals surface area contributed by atoms with E-state index in [9.17, 15) is 9.18 Å². The molecule has 0 aliphatic heterocycles. The molecular formula is C19H31FN2O2. The van der Waals surface area contributed by atoms with Crippen LogP contribution in [0.3, 0.4) is 0 Å². The van der Waals surface area contributed by atoms with Gasteiger partial charge >= 0.3 is 0 Å². The summed E-state index contributed by atoms with van der Waals surface area (Å²) in [7, 11) is 0. The van der Waals surface area contributed by atoms with Crippen molar-refractivity contribution in [1.29, 1.82) is 0 Å². The lowest BCUT2D eigenvalue weighted by Gasteiger charge is -2.14. The third kappa shape index (κ3) is 6.89. The standard InChI is InChI=1S/C16H16FNO.C2H6.CH5NO.2H2/c1-10-4-5-11(2)14(8-10)16(19)18-13-6-7-15(17)12(3)9-13;1-2;2-1-3;;/h4,6-9H,2,5H2,1,3H3,(H,18,19);1-2H3;3H,1-2H2;2*1H. The fraction of sp³-hybridized carbons (Fsp3) is 0.316. The molecule has 136 valence electrons. The molecule has 0 unspecified atom stereocenters. The topological polar surface area (TPSA) is 75.4 Å². The van der Waals surface area contributed by atoms with Crippen LogP contribution in [0.25, 0.3) is 0 Å². The Balaban J connectivity index is -0.000000687. The number of hydrogen-bond acceptors (Lipinski definition) is 3. The van der Waals surface area contributed by atoms with E-state index < -0.39 is 0 Å². The van der Waals surface area contributed by atoms with E-state index in [0.717, 1.165) is 11.1 Å². The van der Waals surface area contributed by atoms with Crippen molar-refractivity contribution in [2.75, 3.05) is 12.0 Å². The summed E-state index contributed by atoms with van der Waals surface area (Å²) in [6.45, 7) is 11.3. The van der Waals surface area contributed by atoms with Crippen LogP contribution in [0.1, 0.15) is 35.6 Å². The molecule has 4 N–H and O–H groups in total. The molecule has 0 bridgehead atoms. The highest BCUT2D eigenvalue weighted by atomic mass is 19.1. The van der Waals surface area contributed by atoms with Gasteiger partial charge in [0, 0.05) is 14.1 Å². The second-order valence-corrected chi connectivity index (χ2v) is 4.91. The lowest BCUT2D eigenvalue weighted by atomic mass is 9.95. The zero-order chi connectivity index (χ0) is 18.7. The van der Waals surface area contributed by atoms with E-state index in [2.05, 4.69) is 17.6 Å². The minimum absolute atomic E-state index is 0. The Morgan fingerprint density at radius 1 is 1.42 bits per heavy atom. The fourth-order valence-electron chi connectivity index (χ4n) is 1.93. The predicted octanol–water partition coefficient (Wildman–Crippen LogP) is 4.32. The molecule has 0 saturated carbocycles. The molecule has 1 aliphatic carbocycles. The number of hydrogen-bond donors (Lipinski definition) is 3. The number of anilines is 1. The van der Waals surface area contributed by atoms with Gasteiger partial charge in [-0.15, -0.1) is 0 Å². The van der Waals surface area contributed by atoms with Gasteiger partial charge in [0.25, 0.3) is 5.91 Å². The maximum atomic E-state index is 13.2. The maximum absolute atomic E-state index is 13.2. The first-order valence-electron chi connectivity index (χ1n) is 7.84. The van der Waals surface area contributed by atoms with Gasteiger partial charge in [-0.05, 0) is 55.7 Å². The molecule has 0 heterocycles. The number of nitrogens with two attached hydrogens (primary N) is 1. The van der Waals surface area contributed by atoms with E-state index >= 15 is 0 Å². The molecule has 0 spiro atoms. The zero-order valence-corrected chi connectivity index (χ0v) is 14.8. The summed E-state index contributed by atoms with van der Waals surface area (Å²) in [5.74, 6) is -0.485. The molecule has 1 aliphatic rings. The Morgan fingerprint density at radius 2 is 2.00 bits per heavy atom. The van der Waals surface area contributed by atoms with Crippen molar-refractivity contribution in [3.05, 3.63) is 65.0 Å². The van der Waals surface area contributed by atoms with E-state index in [1.807, 2.05) is 32.9 Å². The number of aliphatic hydroxyl groups excluding tert-OH is 1. The second kappa shape index (κ2) is 11.3. The Bertz CT molecular complexity index is 644. The number of rotatable bonds is 2. The molecule has 24 heavy (non-hydrogen) atoms. The molecule has 0 radical (unpaired) electrons. The highest BCUT2D eigenvalue weighted by molar-refractivity contribution is 6.07. The maximum Gasteiger partial charge on any atom is 0.255 e. The van der Waals surface area contributed by atoms with Gasteiger partial charge in [-0.1, -0.05) is 32.1 Å². The SMILES string of the molecule is C=C1CC=C(C)C=C1C(=O)Nc1ccc(F)c(C)c1.CC.NCO.[HH].[HH]. The molecule has 1 aromatic rings. The highest BCUT2D eigenvalue weighted by Gasteiger charge is 2.15. The molecule has 2 rings (SSSR count). The fourth-order valence-corrected chi connectivity index (χ4v) is 1.93. The van der Waals surface area contributed by atoms with Crippen molar-refractivity contribution >= 4 is 11.6 Å². The molecular weight excluding hydrogens is 307 g/mol. The molecule has 4 nitrogen and oxygen atoms in total. The number of nitrogens with one attached hydrogen (secondary N) is 1. The Morgan fingerprint density at radius 3 is 2.54 bits per heavy atom. The summed E-state index contributed by atoms with van der Waals surface area (Å²) in [6, 6.07) is 4.51. The zero-order valence-electron chi connectivity index (χ0n) is 14.8. The molecule has 0 atom stereocenters. The van der Waals surface area contributed by atoms with Gasteiger partial charge in [0.15, 0.2) is 0 Å². The summed E-state index contributed by atoms with van der Waals surface area (Å²) in [6.07, 6.45) is 4.53. The summed E-state index contributed by atoms with van der Waals surface area (Å²) >= 11 is 0. The Hall–Kier alpha value is -2.24. The minimum atomic E-state index is -0.280. The van der Waals surface area contributed by atoms with Crippen molar-refractivity contribution in [1.82, 2.24) is 0 Å². The minimum Gasteiger partial charge on any atom is -0.382 e. The van der Waals surface area contributed by atoms with Gasteiger partial charge in [0.05, 0.1) is 6.73 Å². The number of aryl methyl sites for hydroxylation is 1. The van der Waals surface area contributed by atoms with Crippen LogP contribution in [-0.4, -0.2) is 17.7 Å². The van der Waals surface area contributed by atoms with Crippen LogP contribution in [0.15, 0.2) is 53.6 Å². The van der Waals surface area contributed by atoms with Gasteiger partial charge in [0.2, 0.25) is 0 Å². The van der Waals surface area contributed by atoms with Gasteiger partial charge in [0.1, 0.15) is 5.82 Å². The summed E-state index contributed by atoms with van der Waals surface area (Å²) < 4.78 is 13.2. The van der Waals surface area contributed by atoms with E-state index in [4.69, 9.17) is 5.11 Å². The van der Waals surface area contributed by atoms with Crippen molar-refractivity contribution in [3.63, 3.8) is 0 Å². The third-order valence-electron chi connectivity index (χ3n) is 3.08. The number of amides is 1. The molecule has 0 aromatic heterocycles. The number of carbonyl (C=O) groups excluding carboxylic acids is 1. The van der Waals surface area contributed by atoms with Crippen LogP contribution in [0, 0.1) is 12.7 Å². The van der Waals surface area contributed by atoms with Gasteiger partial charge in [-0.25, -0.2) is 4.39 Å². The average Bonchev–Trinajstić information content (AvgIpc) is 2.56. The largest absolute Gasteiger partial charge is 0.382 e. The van der Waals surface area contributed by atoms with Crippen LogP contribution >= 0.6 is 0 Å². The number of aliphatic hydroxyl groups is 1. The normalized spacial score (nSPS) is 12.7. The molecule has 1 aromatic carbocycles. The monoisotopic (exact) mass is 338 g/mol. The Labute approximate surface area is 146 Å². The Kier molecular flexibility index (Phi) is 10.3. The quantitative estimate of drug-likeness (QED) is 0.703. The van der Waals surface area contributed by atoms with Crippen LogP contribution in [0.5, 0.6) is 0 Å². The summed E-state index contributed by atoms with van der Waals surface area (Å²) in [5, 5.41) is 10.1.